The molecule has 0 amide bonds. The second-order valence-corrected chi connectivity index (χ2v) is 15.7. The van der Waals surface area contributed by atoms with Gasteiger partial charge in [0.25, 0.3) is 0 Å². The molecule has 3 saturated carbocycles. The number of benzene rings is 1. The van der Waals surface area contributed by atoms with Crippen molar-refractivity contribution in [2.24, 2.45) is 45.3 Å². The number of rotatable bonds is 5. The molecule has 7 rings (SSSR count). The van der Waals surface area contributed by atoms with Crippen LogP contribution < -0.4 is 0 Å². The first-order chi connectivity index (χ1) is 22.2. The van der Waals surface area contributed by atoms with E-state index in [2.05, 4.69) is 26.8 Å². The minimum absolute atomic E-state index is 0.0608. The summed E-state index contributed by atoms with van der Waals surface area (Å²) < 4.78 is 31.1. The van der Waals surface area contributed by atoms with Crippen molar-refractivity contribution in [3.8, 4) is 0 Å². The maximum atomic E-state index is 14.0. The summed E-state index contributed by atoms with van der Waals surface area (Å²) in [6.07, 6.45) is 0.347. The second kappa shape index (κ2) is 10.9. The molecule has 10 heteroatoms. The lowest BCUT2D eigenvalue weighted by molar-refractivity contribution is -0.270. The molecular formula is C37H46O10. The van der Waals surface area contributed by atoms with Gasteiger partial charge < -0.3 is 28.8 Å². The monoisotopic (exact) mass is 650 g/mol. The van der Waals surface area contributed by atoms with Gasteiger partial charge in [-0.25, -0.2) is 4.79 Å². The maximum Gasteiger partial charge on any atom is 0.338 e. The summed E-state index contributed by atoms with van der Waals surface area (Å²) in [6.45, 7) is 11.7. The van der Waals surface area contributed by atoms with Gasteiger partial charge in [0.1, 0.15) is 18.3 Å². The molecule has 2 saturated heterocycles. The summed E-state index contributed by atoms with van der Waals surface area (Å²) in [7, 11) is 0. The van der Waals surface area contributed by atoms with E-state index in [1.807, 2.05) is 13.0 Å². The Hall–Kier alpha value is -3.24. The zero-order valence-electron chi connectivity index (χ0n) is 28.0. The molecule has 0 radical (unpaired) electrons. The SMILES string of the molecule is CC(=O)O[C@H]1C[C@H]2[C@](C)(C3=CC[C@@H]([C@H]4COC(=O)C4)[C@@]31C)[C@H](OC(=O)c1ccccc1)[C@@H]1OC[C@]3(C)[C@H](O)C[C@H](OC(C)=O)[C@@]2(C)[C@@H]13. The molecule has 0 bridgehead atoms. The lowest BCUT2D eigenvalue weighted by Gasteiger charge is -2.70. The standard InChI is InChI=1S/C37H46O10/c1-19(38)45-27-15-25-36(5,24-13-12-23(35(24,27)4)22-14-29(41)43-17-22)32(47-33(42)21-10-8-7-9-11-21)30-31-34(3,18-44-30)26(40)16-28(37(25,31)6)46-20(2)39/h7-11,13,22-23,25-28,30-32,40H,12,14-18H2,1-6H3/t22-,23+,25+,26-,27+,28+,30-,31+,32-,34-,35+,36+,37+/m1/s1. The molecule has 4 aliphatic carbocycles. The Kier molecular flexibility index (Phi) is 7.49. The quantitative estimate of drug-likeness (QED) is 0.277. The van der Waals surface area contributed by atoms with Crippen LogP contribution in [0.15, 0.2) is 42.0 Å². The fourth-order valence-corrected chi connectivity index (χ4v) is 11.6. The Labute approximate surface area is 275 Å². The summed E-state index contributed by atoms with van der Waals surface area (Å²) in [4.78, 5) is 51.7. The summed E-state index contributed by atoms with van der Waals surface area (Å²) in [5, 5.41) is 11.6. The van der Waals surface area contributed by atoms with Crippen LogP contribution in [0.4, 0.5) is 0 Å². The van der Waals surface area contributed by atoms with Crippen LogP contribution in [0.5, 0.6) is 0 Å². The molecular weight excluding hydrogens is 604 g/mol. The highest BCUT2D eigenvalue weighted by atomic mass is 16.6. The van der Waals surface area contributed by atoms with Crippen LogP contribution in [0.1, 0.15) is 77.6 Å². The van der Waals surface area contributed by atoms with Gasteiger partial charge in [0.2, 0.25) is 0 Å². The lowest BCUT2D eigenvalue weighted by Crippen LogP contribution is -2.74. The molecule has 0 unspecified atom stereocenters. The topological polar surface area (TPSA) is 135 Å². The Bertz CT molecular complexity index is 1520. The third-order valence-electron chi connectivity index (χ3n) is 13.5. The van der Waals surface area contributed by atoms with Crippen LogP contribution in [0.3, 0.4) is 0 Å². The zero-order valence-corrected chi connectivity index (χ0v) is 28.0. The predicted octanol–water partition coefficient (Wildman–Crippen LogP) is 4.42. The number of carbonyl (C=O) groups excluding carboxylic acids is 4. The molecule has 10 nitrogen and oxygen atoms in total. The van der Waals surface area contributed by atoms with Gasteiger partial charge in [0.15, 0.2) is 0 Å². The molecule has 6 aliphatic rings. The van der Waals surface area contributed by atoms with Gasteiger partial charge in [-0.2, -0.15) is 0 Å². The van der Waals surface area contributed by atoms with Gasteiger partial charge in [-0.05, 0) is 36.8 Å². The first-order valence-electron chi connectivity index (χ1n) is 16.9. The van der Waals surface area contributed by atoms with Crippen LogP contribution in [-0.4, -0.2) is 72.7 Å². The fraction of sp³-hybridized carbons (Fsp3) is 0.676. The van der Waals surface area contributed by atoms with Gasteiger partial charge >= 0.3 is 23.9 Å². The summed E-state index contributed by atoms with van der Waals surface area (Å²) in [5.41, 5.74) is -1.59. The molecule has 5 fully saturated rings. The van der Waals surface area contributed by atoms with Gasteiger partial charge in [-0.15, -0.1) is 0 Å². The van der Waals surface area contributed by atoms with Crippen molar-refractivity contribution in [3.63, 3.8) is 0 Å². The highest BCUT2D eigenvalue weighted by Gasteiger charge is 2.79. The molecule has 47 heavy (non-hydrogen) atoms. The van der Waals surface area contributed by atoms with E-state index in [1.165, 1.54) is 13.8 Å². The molecule has 2 heterocycles. The molecule has 1 aromatic carbocycles. The first kappa shape index (κ1) is 32.3. The predicted molar refractivity (Wildman–Crippen MR) is 166 cm³/mol. The number of cyclic esters (lactones) is 1. The third-order valence-corrected chi connectivity index (χ3v) is 13.5. The van der Waals surface area contributed by atoms with Crippen molar-refractivity contribution in [3.05, 3.63) is 47.5 Å². The fourth-order valence-electron chi connectivity index (χ4n) is 11.6. The van der Waals surface area contributed by atoms with Crippen LogP contribution in [0.2, 0.25) is 0 Å². The zero-order chi connectivity index (χ0) is 33.7. The van der Waals surface area contributed by atoms with Crippen molar-refractivity contribution in [2.75, 3.05) is 13.2 Å². The van der Waals surface area contributed by atoms with Gasteiger partial charge in [-0.1, -0.05) is 57.5 Å². The average molecular weight is 651 g/mol. The largest absolute Gasteiger partial charge is 0.465 e. The molecule has 0 spiro atoms. The van der Waals surface area contributed by atoms with E-state index in [-0.39, 0.29) is 49.1 Å². The molecule has 254 valence electrons. The Morgan fingerprint density at radius 3 is 2.23 bits per heavy atom. The van der Waals surface area contributed by atoms with Crippen LogP contribution in [0, 0.1) is 45.3 Å². The Morgan fingerprint density at radius 1 is 0.915 bits per heavy atom. The highest BCUT2D eigenvalue weighted by Crippen LogP contribution is 2.76. The number of esters is 4. The maximum absolute atomic E-state index is 14.0. The Balaban J connectivity index is 1.43. The van der Waals surface area contributed by atoms with Crippen molar-refractivity contribution >= 4 is 23.9 Å². The summed E-state index contributed by atoms with van der Waals surface area (Å²) >= 11 is 0. The van der Waals surface area contributed by atoms with E-state index in [4.69, 9.17) is 23.7 Å². The third kappa shape index (κ3) is 4.42. The minimum Gasteiger partial charge on any atom is -0.465 e. The van der Waals surface area contributed by atoms with Crippen molar-refractivity contribution in [1.29, 1.82) is 0 Å². The van der Waals surface area contributed by atoms with Gasteiger partial charge in [-0.3, -0.25) is 14.4 Å². The number of allylic oxidation sites excluding steroid dienone is 1. The minimum atomic E-state index is -0.851. The number of hydrogen-bond acceptors (Lipinski definition) is 10. The van der Waals surface area contributed by atoms with Gasteiger partial charge in [0, 0.05) is 53.8 Å². The molecule has 13 atom stereocenters. The van der Waals surface area contributed by atoms with E-state index in [9.17, 15) is 24.3 Å². The first-order valence-corrected chi connectivity index (χ1v) is 16.9. The molecule has 1 aromatic rings. The second-order valence-electron chi connectivity index (χ2n) is 15.7. The smallest absolute Gasteiger partial charge is 0.338 e. The normalized spacial score (nSPS) is 46.3. The number of fused-ring (bicyclic) bond motifs is 4. The number of aliphatic hydroxyl groups excluding tert-OH is 1. The number of carbonyl (C=O) groups is 4. The highest BCUT2D eigenvalue weighted by molar-refractivity contribution is 5.89. The number of ether oxygens (including phenoxy) is 5. The van der Waals surface area contributed by atoms with E-state index < -0.39 is 70.1 Å². The van der Waals surface area contributed by atoms with Crippen LogP contribution >= 0.6 is 0 Å². The molecule has 0 aromatic heterocycles. The molecule has 2 aliphatic heterocycles. The average Bonchev–Trinajstić information content (AvgIpc) is 3.71. The van der Waals surface area contributed by atoms with E-state index in [1.54, 1.807) is 24.3 Å². The molecule has 1 N–H and O–H groups in total. The Morgan fingerprint density at radius 2 is 1.60 bits per heavy atom. The van der Waals surface area contributed by atoms with Crippen molar-refractivity contribution in [1.82, 2.24) is 0 Å². The summed E-state index contributed by atoms with van der Waals surface area (Å²) in [6, 6.07) is 8.87. The number of hydrogen-bond donors (Lipinski definition) is 1. The van der Waals surface area contributed by atoms with Crippen LogP contribution in [0.25, 0.3) is 0 Å². The van der Waals surface area contributed by atoms with Crippen molar-refractivity contribution < 1.29 is 48.0 Å². The van der Waals surface area contributed by atoms with Gasteiger partial charge in [0.05, 0.1) is 37.4 Å². The van der Waals surface area contributed by atoms with E-state index in [0.717, 1.165) is 5.57 Å². The number of aliphatic hydroxyl groups is 1. The summed E-state index contributed by atoms with van der Waals surface area (Å²) in [5.74, 6) is -2.34. The lowest BCUT2D eigenvalue weighted by atomic mass is 9.35. The van der Waals surface area contributed by atoms with Crippen LogP contribution in [-0.2, 0) is 38.1 Å². The van der Waals surface area contributed by atoms with Crippen molar-refractivity contribution in [2.45, 2.75) is 97.7 Å². The van der Waals surface area contributed by atoms with E-state index >= 15 is 0 Å². The van der Waals surface area contributed by atoms with E-state index in [0.29, 0.717) is 25.0 Å².